The average molecular weight is 591 g/mol. The number of ether oxygens (including phenoxy) is 3. The fraction of sp³-hybridized carbons (Fsp3) is 0.357. The predicted molar refractivity (Wildman–Crippen MR) is 144 cm³/mol. The summed E-state index contributed by atoms with van der Waals surface area (Å²) in [7, 11) is 1.53. The molecular formula is C28H29BrClNO6. The second-order valence-corrected chi connectivity index (χ2v) is 10.3. The molecule has 1 aliphatic heterocycles. The molecule has 2 unspecified atom stereocenters. The van der Waals surface area contributed by atoms with Gasteiger partial charge in [-0.25, -0.2) is 4.79 Å². The van der Waals surface area contributed by atoms with Gasteiger partial charge in [0.2, 0.25) is 0 Å². The van der Waals surface area contributed by atoms with E-state index >= 15 is 0 Å². The molecule has 196 valence electrons. The van der Waals surface area contributed by atoms with Crippen molar-refractivity contribution in [2.75, 3.05) is 26.9 Å². The fourth-order valence-electron chi connectivity index (χ4n) is 4.94. The van der Waals surface area contributed by atoms with Gasteiger partial charge in [-0.05, 0) is 77.5 Å². The van der Waals surface area contributed by atoms with Gasteiger partial charge in [0.15, 0.2) is 17.3 Å². The monoisotopic (exact) mass is 589 g/mol. The summed E-state index contributed by atoms with van der Waals surface area (Å²) >= 11 is 9.47. The lowest BCUT2D eigenvalue weighted by Gasteiger charge is -2.37. The molecule has 7 nitrogen and oxygen atoms in total. The molecule has 2 atom stereocenters. The first-order valence-electron chi connectivity index (χ1n) is 12.1. The number of ketones is 1. The van der Waals surface area contributed by atoms with E-state index in [2.05, 4.69) is 21.2 Å². The molecule has 0 spiro atoms. The van der Waals surface area contributed by atoms with Crippen molar-refractivity contribution < 1.29 is 28.9 Å². The number of rotatable bonds is 8. The molecule has 2 aromatic carbocycles. The van der Waals surface area contributed by atoms with Crippen LogP contribution in [0.25, 0.3) is 0 Å². The van der Waals surface area contributed by atoms with Crippen LogP contribution >= 0.6 is 27.5 Å². The molecule has 37 heavy (non-hydrogen) atoms. The van der Waals surface area contributed by atoms with E-state index in [0.29, 0.717) is 51.4 Å². The van der Waals surface area contributed by atoms with Crippen LogP contribution in [-0.2, 0) is 19.1 Å². The highest BCUT2D eigenvalue weighted by atomic mass is 79.9. The SMILES string of the molecule is CCOc1cc(C2C(C(=O)OCCOC)=C(C)NC3=C2C(=O)CC(c2ccc(Cl)cc2)C3)cc(Br)c1O. The normalized spacial score (nSPS) is 19.4. The molecular weight excluding hydrogens is 562 g/mol. The lowest BCUT2D eigenvalue weighted by Crippen LogP contribution is -2.36. The zero-order valence-electron chi connectivity index (χ0n) is 20.9. The molecule has 0 amide bonds. The average Bonchev–Trinajstić information content (AvgIpc) is 2.86. The first kappa shape index (κ1) is 27.2. The van der Waals surface area contributed by atoms with Crippen LogP contribution in [0.2, 0.25) is 5.02 Å². The molecule has 0 radical (unpaired) electrons. The number of phenolic OH excluding ortho intramolecular Hbond substituents is 1. The zero-order valence-corrected chi connectivity index (χ0v) is 23.2. The second-order valence-electron chi connectivity index (χ2n) is 8.98. The van der Waals surface area contributed by atoms with Crippen molar-refractivity contribution in [2.24, 2.45) is 0 Å². The summed E-state index contributed by atoms with van der Waals surface area (Å²) in [6, 6.07) is 10.9. The highest BCUT2D eigenvalue weighted by Gasteiger charge is 2.42. The summed E-state index contributed by atoms with van der Waals surface area (Å²) in [5.41, 5.74) is 3.91. The van der Waals surface area contributed by atoms with Crippen molar-refractivity contribution in [3.05, 3.63) is 79.6 Å². The molecule has 0 aromatic heterocycles. The van der Waals surface area contributed by atoms with Crippen LogP contribution in [0.1, 0.15) is 49.7 Å². The van der Waals surface area contributed by atoms with Crippen molar-refractivity contribution in [3.63, 3.8) is 0 Å². The van der Waals surface area contributed by atoms with Gasteiger partial charge in [0, 0.05) is 41.4 Å². The van der Waals surface area contributed by atoms with Gasteiger partial charge in [-0.15, -0.1) is 0 Å². The van der Waals surface area contributed by atoms with Crippen LogP contribution in [0.3, 0.4) is 0 Å². The van der Waals surface area contributed by atoms with Gasteiger partial charge >= 0.3 is 5.97 Å². The van der Waals surface area contributed by atoms with Crippen LogP contribution in [0.4, 0.5) is 0 Å². The lowest BCUT2D eigenvalue weighted by atomic mass is 9.71. The standard InChI is InChI=1S/C28H29BrClNO6/c1-4-36-23-14-18(11-20(29)27(23)33)25-24(28(34)37-10-9-35-3)15(2)31-21-12-17(13-22(32)26(21)25)16-5-7-19(30)8-6-16/h5-8,11,14,17,25,31,33H,4,9-10,12-13H2,1-3H3. The number of esters is 1. The maximum absolute atomic E-state index is 13.7. The van der Waals surface area contributed by atoms with Crippen LogP contribution in [0.15, 0.2) is 63.4 Å². The summed E-state index contributed by atoms with van der Waals surface area (Å²) in [6.45, 7) is 4.30. The Bertz CT molecular complexity index is 1270. The first-order valence-corrected chi connectivity index (χ1v) is 13.2. The Labute approximate surface area is 229 Å². The second kappa shape index (κ2) is 11.7. The van der Waals surface area contributed by atoms with E-state index in [-0.39, 0.29) is 36.4 Å². The van der Waals surface area contributed by atoms with E-state index in [4.69, 9.17) is 25.8 Å². The third-order valence-corrected chi connectivity index (χ3v) is 7.45. The molecule has 0 bridgehead atoms. The molecule has 9 heteroatoms. The van der Waals surface area contributed by atoms with Gasteiger partial charge in [0.1, 0.15) is 6.61 Å². The summed E-state index contributed by atoms with van der Waals surface area (Å²) in [6.07, 6.45) is 0.890. The van der Waals surface area contributed by atoms with E-state index in [1.54, 1.807) is 19.1 Å². The number of halogens is 2. The minimum atomic E-state index is -0.693. The van der Waals surface area contributed by atoms with Crippen LogP contribution in [-0.4, -0.2) is 43.8 Å². The molecule has 0 fully saturated rings. The van der Waals surface area contributed by atoms with Crippen molar-refractivity contribution in [2.45, 2.75) is 38.5 Å². The Morgan fingerprint density at radius 1 is 1.16 bits per heavy atom. The van der Waals surface area contributed by atoms with E-state index in [9.17, 15) is 14.7 Å². The number of benzene rings is 2. The van der Waals surface area contributed by atoms with Crippen molar-refractivity contribution in [3.8, 4) is 11.5 Å². The van der Waals surface area contributed by atoms with Crippen molar-refractivity contribution in [1.82, 2.24) is 5.32 Å². The number of allylic oxidation sites excluding steroid dienone is 3. The Morgan fingerprint density at radius 3 is 2.57 bits per heavy atom. The summed E-state index contributed by atoms with van der Waals surface area (Å²) in [5.74, 6) is -1.09. The maximum Gasteiger partial charge on any atom is 0.336 e. The maximum atomic E-state index is 13.7. The summed E-state index contributed by atoms with van der Waals surface area (Å²) in [5, 5.41) is 14.5. The van der Waals surface area contributed by atoms with Gasteiger partial charge in [-0.3, -0.25) is 4.79 Å². The first-order chi connectivity index (χ1) is 17.7. The number of dihydropyridines is 1. The van der Waals surface area contributed by atoms with Gasteiger partial charge < -0.3 is 24.6 Å². The number of methoxy groups -OCH3 is 1. The summed E-state index contributed by atoms with van der Waals surface area (Å²) in [4.78, 5) is 27.1. The molecule has 1 heterocycles. The number of carbonyl (C=O) groups excluding carboxylic acids is 2. The number of phenols is 1. The minimum absolute atomic E-state index is 0.0230. The smallest absolute Gasteiger partial charge is 0.336 e. The van der Waals surface area contributed by atoms with Crippen molar-refractivity contribution >= 4 is 39.3 Å². The molecule has 4 rings (SSSR count). The fourth-order valence-corrected chi connectivity index (χ4v) is 5.52. The topological polar surface area (TPSA) is 94.1 Å². The van der Waals surface area contributed by atoms with E-state index in [0.717, 1.165) is 11.3 Å². The third-order valence-electron chi connectivity index (χ3n) is 6.59. The van der Waals surface area contributed by atoms with E-state index < -0.39 is 11.9 Å². The number of hydrogen-bond acceptors (Lipinski definition) is 7. The van der Waals surface area contributed by atoms with Crippen LogP contribution in [0.5, 0.6) is 11.5 Å². The number of hydrogen-bond donors (Lipinski definition) is 2. The molecule has 0 saturated carbocycles. The Hall–Kier alpha value is -2.81. The highest BCUT2D eigenvalue weighted by molar-refractivity contribution is 9.10. The minimum Gasteiger partial charge on any atom is -0.503 e. The number of aromatic hydroxyl groups is 1. The molecule has 2 aromatic rings. The van der Waals surface area contributed by atoms with Gasteiger partial charge in [0.05, 0.1) is 23.3 Å². The highest BCUT2D eigenvalue weighted by Crippen LogP contribution is 2.48. The Balaban J connectivity index is 1.81. The van der Waals surface area contributed by atoms with Crippen LogP contribution < -0.4 is 10.1 Å². The predicted octanol–water partition coefficient (Wildman–Crippen LogP) is 5.76. The molecule has 1 aliphatic carbocycles. The molecule has 0 saturated heterocycles. The van der Waals surface area contributed by atoms with Gasteiger partial charge in [-0.1, -0.05) is 23.7 Å². The van der Waals surface area contributed by atoms with E-state index in [1.807, 2.05) is 31.2 Å². The molecule has 2 aliphatic rings. The van der Waals surface area contributed by atoms with Gasteiger partial charge in [-0.2, -0.15) is 0 Å². The Morgan fingerprint density at radius 2 is 1.89 bits per heavy atom. The molecule has 2 N–H and O–H groups in total. The van der Waals surface area contributed by atoms with E-state index in [1.165, 1.54) is 7.11 Å². The van der Waals surface area contributed by atoms with Crippen molar-refractivity contribution in [1.29, 1.82) is 0 Å². The zero-order chi connectivity index (χ0) is 26.7. The number of carbonyl (C=O) groups is 2. The lowest BCUT2D eigenvalue weighted by molar-refractivity contribution is -0.140. The Kier molecular flexibility index (Phi) is 8.62. The summed E-state index contributed by atoms with van der Waals surface area (Å²) < 4.78 is 16.6. The largest absolute Gasteiger partial charge is 0.503 e. The number of nitrogens with one attached hydrogen (secondary N) is 1. The third kappa shape index (κ3) is 5.71. The quantitative estimate of drug-likeness (QED) is 0.298. The number of Topliss-reactive ketones (excluding diaryl/α,β-unsaturated/α-hetero) is 1. The van der Waals surface area contributed by atoms with Crippen LogP contribution in [0, 0.1) is 0 Å². The van der Waals surface area contributed by atoms with Gasteiger partial charge in [0.25, 0.3) is 0 Å².